The largest absolute Gasteiger partial charge is 2.00 e. The number of tetrazole rings is 16. The fourth-order valence-corrected chi connectivity index (χ4v) is 6.45. The number of H-pyrrole nitrogens is 16. The van der Waals surface area contributed by atoms with Gasteiger partial charge in [0.2, 0.25) is 0 Å². The number of halogens is 8. The van der Waals surface area contributed by atoms with E-state index in [0.717, 1.165) is 93.2 Å². The van der Waals surface area contributed by atoms with Crippen LogP contribution in [0.2, 0.25) is 0 Å². The normalized spacial score (nSPS) is 10.2. The molecule has 0 aliphatic carbocycles. The van der Waals surface area contributed by atoms with Gasteiger partial charge in [-0.2, -0.15) is 0 Å². The van der Waals surface area contributed by atoms with Crippen molar-refractivity contribution in [2.45, 2.75) is 103 Å². The summed E-state index contributed by atoms with van der Waals surface area (Å²) < 4.78 is 272. The quantitative estimate of drug-likeness (QED) is 0.0197. The molecule has 0 aliphatic rings. The summed E-state index contributed by atoms with van der Waals surface area (Å²) in [6, 6.07) is 0. The van der Waals surface area contributed by atoms with Crippen LogP contribution in [0.3, 0.4) is 0 Å². The first kappa shape index (κ1) is 147. The summed E-state index contributed by atoms with van der Waals surface area (Å²) in [7, 11) is -39.6. The van der Waals surface area contributed by atoms with Crippen molar-refractivity contribution < 1.29 is 321 Å². The van der Waals surface area contributed by atoms with Gasteiger partial charge < -0.3 is 21.9 Å². The Hall–Kier alpha value is -11.9. The summed E-state index contributed by atoms with van der Waals surface area (Å²) in [6.07, 6.45) is 11.2. The Bertz CT molecular complexity index is 3860. The molecule has 100 nitrogen and oxygen atoms in total. The molecule has 820 valence electrons. The molecule has 0 aromatic carbocycles. The van der Waals surface area contributed by atoms with Crippen LogP contribution < -0.4 is 149 Å². The Labute approximate surface area is 842 Å². The Morgan fingerprint density at radius 2 is 0.160 bits per heavy atom. The third-order valence-corrected chi connectivity index (χ3v) is 11.0. The molecule has 16 aromatic heterocycles. The number of hydrogen-bond acceptors (Lipinski definition) is 80. The maximum absolute atomic E-state index is 8.49. The molecule has 112 heteroatoms. The molecule has 4 radical (unpaired) electrons. The number of aromatic nitrogens is 64. The minimum atomic E-state index is -4.94. The van der Waals surface area contributed by atoms with E-state index in [1.807, 2.05) is 0 Å². The van der Waals surface area contributed by atoms with Crippen LogP contribution in [0, 0.1) is 81.9 Å². The summed E-state index contributed by atoms with van der Waals surface area (Å²) in [5, 5.41) is 212. The summed E-state index contributed by atoms with van der Waals surface area (Å²) in [5.74, 6) is 11.7. The van der Waals surface area contributed by atoms with E-state index in [-0.39, 0.29) is 90.2 Å². The van der Waals surface area contributed by atoms with Crippen LogP contribution in [0.5, 0.6) is 0 Å². The van der Waals surface area contributed by atoms with Crippen molar-refractivity contribution in [1.29, 1.82) is 0 Å². The SMILES string of the molecule is C(Cc1nnn[nH]1)c1nnn[nH]1.C(Cc1nnn[nH]1)c1nnn[nH]1.C(Cc1nnn[nH]1)c1nnn[nH]1.C(Cc1nnn[nH]1)c1nnn[nH]1.C(Cc1nnn[nH]1)c1nnn[nH]1.C(Cc1nnn[nH]1)c1nnn[nH]1.C(Cc1nnn[nH]1)c1nnn[nH]1.C(Cc1nnn[nH]1)c1nnn[nH]1.O.O.[Cu+2].[Cu+2].[Cu+2].[Cu+2].[O-][Cl+3]([O-])([O-])[O-].[O-][Cl+3]([O-])([O-])[O-].[O-][Cl+3]([O-])([O-])[O-].[O-][Cl+3]([O-])([O-])[O-].[O-][Cl+3]([O-])([O-])[O-].[O-][Cl+3]([O-])([O-])[O-].[O-][Cl+3]([O-])([O-])[O-].[O-][Cl+3]([O-])([O-])[O-].[OH3+].[OH3+]. The molecule has 0 fully saturated rings. The molecule has 0 amide bonds. The van der Waals surface area contributed by atoms with Gasteiger partial charge in [-0.15, -0.1) is 164 Å². The van der Waals surface area contributed by atoms with Gasteiger partial charge in [0.15, 0.2) is 0 Å². The van der Waals surface area contributed by atoms with Crippen LogP contribution in [0.1, 0.15) is 93.2 Å². The summed E-state index contributed by atoms with van der Waals surface area (Å²) in [6.45, 7) is 0. The molecule has 0 unspecified atom stereocenters. The van der Waals surface area contributed by atoms with Crippen molar-refractivity contribution in [3.63, 3.8) is 0 Å². The van der Waals surface area contributed by atoms with E-state index in [1.54, 1.807) is 0 Å². The monoisotopic (exact) mass is 2450 g/mol. The summed E-state index contributed by atoms with van der Waals surface area (Å²) in [5.41, 5.74) is 0. The molecule has 0 spiro atoms. The van der Waals surface area contributed by atoms with Crippen molar-refractivity contribution in [2.75, 3.05) is 0 Å². The predicted octanol–water partition coefficient (Wildman–Crippen LogP) is -53.6. The average molecular weight is 2450 g/mol. The standard InChI is InChI=1S/8C4H6N8.8ClHO4.4Cu.4H2O/c8*1(3-5-9-10-6-3)2-4-7-11-12-8-4;8*2-1(3,4)5;;;;;;;;/h8*1-2H2,(H,5,6,9,10)(H,7,8,11,12);8*(H,2,3,4,5);;;;;4*1H2/q;;;;;;;;;;;;;;;;4*+2;;;;/p-6. The molecule has 26 N–H and O–H groups in total. The molecule has 16 rings (SSSR count). The second-order valence-electron chi connectivity index (χ2n) is 20.6. The second kappa shape index (κ2) is 82.4. The first-order valence-corrected chi connectivity index (χ1v) is 42.0. The second-order valence-corrected chi connectivity index (χ2v) is 26.6. The van der Waals surface area contributed by atoms with Crippen LogP contribution in [0.25, 0.3) is 0 Å². The van der Waals surface area contributed by atoms with Gasteiger partial charge in [-0.3, -0.25) is 0 Å². The number of hydrogen-bond donors (Lipinski definition) is 16. The fourth-order valence-electron chi connectivity index (χ4n) is 6.45. The first-order chi connectivity index (χ1) is 63.6. The zero-order valence-corrected chi connectivity index (χ0v) is 78.0. The zero-order chi connectivity index (χ0) is 102. The summed E-state index contributed by atoms with van der Waals surface area (Å²) >= 11 is 0. The van der Waals surface area contributed by atoms with Crippen molar-refractivity contribution in [3.05, 3.63) is 93.2 Å². The zero-order valence-electron chi connectivity index (χ0n) is 68.2. The molecule has 16 aromatic rings. The van der Waals surface area contributed by atoms with E-state index in [9.17, 15) is 0 Å². The number of aryl methyl sites for hydroxylation is 16. The number of nitrogens with one attached hydrogen (secondary N) is 16. The van der Waals surface area contributed by atoms with Gasteiger partial charge >= 0.3 is 68.3 Å². The minimum absolute atomic E-state index is 0. The van der Waals surface area contributed by atoms with Crippen LogP contribution in [-0.2, 0) is 182 Å². The number of nitrogens with zero attached hydrogens (tertiary/aromatic N) is 48. The van der Waals surface area contributed by atoms with Gasteiger partial charge in [0.05, 0.1) is 0 Å². The predicted molar refractivity (Wildman–Crippen MR) is 303 cm³/mol. The Balaban J connectivity index is -0.000000231. The molecule has 0 bridgehead atoms. The van der Waals surface area contributed by atoms with Crippen molar-refractivity contribution in [1.82, 2.24) is 330 Å². The van der Waals surface area contributed by atoms with E-state index in [4.69, 9.17) is 149 Å². The van der Waals surface area contributed by atoms with Gasteiger partial charge in [-0.25, -0.2) is 231 Å². The van der Waals surface area contributed by atoms with Gasteiger partial charge in [0.25, 0.3) is 0 Å². The molecule has 144 heavy (non-hydrogen) atoms. The van der Waals surface area contributed by atoms with E-state index in [1.165, 1.54) is 0 Å². The Morgan fingerprint density at radius 1 is 0.118 bits per heavy atom. The Morgan fingerprint density at radius 3 is 0.188 bits per heavy atom. The molecule has 0 saturated carbocycles. The minimum Gasteiger partial charge on any atom is -0.457 e. The first-order valence-electron chi connectivity index (χ1n) is 32.1. The van der Waals surface area contributed by atoms with Gasteiger partial charge in [-0.1, -0.05) is 0 Å². The number of rotatable bonds is 24. The van der Waals surface area contributed by atoms with Gasteiger partial charge in [0, 0.05) is 103 Å². The van der Waals surface area contributed by atoms with Crippen molar-refractivity contribution >= 4 is 0 Å². The van der Waals surface area contributed by atoms with E-state index in [2.05, 4.69) is 330 Å². The average Bonchev–Trinajstić information content (AvgIpc) is 1.84. The molecule has 16 heterocycles. The maximum Gasteiger partial charge on any atom is 2.00 e. The molecular weight excluding hydrogens is 2390 g/mol. The fraction of sp³-hybridized carbons (Fsp3) is 0.500. The molecule has 0 aliphatic heterocycles. The van der Waals surface area contributed by atoms with Crippen molar-refractivity contribution in [3.8, 4) is 0 Å². The third-order valence-electron chi connectivity index (χ3n) is 11.0. The van der Waals surface area contributed by atoms with Crippen LogP contribution >= 0.6 is 0 Å². The van der Waals surface area contributed by atoms with E-state index < -0.39 is 81.9 Å². The third kappa shape index (κ3) is 110. The van der Waals surface area contributed by atoms with Crippen molar-refractivity contribution in [2.24, 2.45) is 0 Å². The smallest absolute Gasteiger partial charge is 0.457 e. The van der Waals surface area contributed by atoms with Crippen LogP contribution in [0.15, 0.2) is 0 Å². The summed E-state index contributed by atoms with van der Waals surface area (Å²) in [4.78, 5) is 0. The van der Waals surface area contributed by atoms with E-state index >= 15 is 0 Å². The Kier molecular flexibility index (Phi) is 84.3. The van der Waals surface area contributed by atoms with E-state index in [0.29, 0.717) is 103 Å². The molecule has 0 saturated heterocycles. The number of aromatic amines is 16. The van der Waals surface area contributed by atoms with Crippen LogP contribution in [0.4, 0.5) is 0 Å². The van der Waals surface area contributed by atoms with Gasteiger partial charge in [-0.05, 0) is 167 Å². The molecule has 0 atom stereocenters. The van der Waals surface area contributed by atoms with Crippen LogP contribution in [-0.4, -0.2) is 341 Å². The molecular formula is C32H58Cl8Cu4N64O36+2. The maximum atomic E-state index is 8.49. The topological polar surface area (TPSA) is 1740 Å². The van der Waals surface area contributed by atoms with Gasteiger partial charge in [0.1, 0.15) is 93.2 Å².